The molecule has 2 heterocycles. The van der Waals surface area contributed by atoms with E-state index >= 15 is 0 Å². The van der Waals surface area contributed by atoms with Gasteiger partial charge in [-0.3, -0.25) is 9.69 Å². The summed E-state index contributed by atoms with van der Waals surface area (Å²) in [6.07, 6.45) is 0.986. The Morgan fingerprint density at radius 2 is 2.04 bits per heavy atom. The number of para-hydroxylation sites is 1. The second kappa shape index (κ2) is 7.02. The smallest absolute Gasteiger partial charge is 0.410 e. The number of amides is 2. The number of nitrogens with one attached hydrogen (secondary N) is 1. The van der Waals surface area contributed by atoms with E-state index in [2.05, 4.69) is 5.32 Å². The normalized spacial score (nSPS) is 18.8. The van der Waals surface area contributed by atoms with Gasteiger partial charge in [0, 0.05) is 11.9 Å². The number of carbonyl (C=O) groups excluding carboxylic acids is 2. The van der Waals surface area contributed by atoms with Crippen molar-refractivity contribution in [3.8, 4) is 0 Å². The molecule has 2 atom stereocenters. The fourth-order valence-corrected chi connectivity index (χ4v) is 3.17. The number of benzene rings is 1. The first kappa shape index (κ1) is 18.3. The van der Waals surface area contributed by atoms with Crippen LogP contribution in [0.1, 0.15) is 52.3 Å². The molecule has 6 heteroatoms. The van der Waals surface area contributed by atoms with Crippen LogP contribution in [0.2, 0.25) is 0 Å². The lowest BCUT2D eigenvalue weighted by molar-refractivity contribution is -0.126. The molecule has 0 radical (unpaired) electrons. The lowest BCUT2D eigenvalue weighted by Crippen LogP contribution is -2.48. The Morgan fingerprint density at radius 3 is 2.73 bits per heavy atom. The molecule has 1 aromatic carbocycles. The Morgan fingerprint density at radius 1 is 1.31 bits per heavy atom. The maximum absolute atomic E-state index is 12.7. The predicted molar refractivity (Wildman–Crippen MR) is 98.7 cm³/mol. The zero-order valence-corrected chi connectivity index (χ0v) is 15.7. The Bertz CT molecular complexity index is 772. The van der Waals surface area contributed by atoms with Crippen LogP contribution in [0.25, 0.3) is 11.0 Å². The Labute approximate surface area is 153 Å². The number of hydrogen-bond donors (Lipinski definition) is 1. The van der Waals surface area contributed by atoms with E-state index in [0.717, 1.165) is 17.4 Å². The third kappa shape index (κ3) is 4.00. The van der Waals surface area contributed by atoms with Gasteiger partial charge < -0.3 is 14.5 Å². The van der Waals surface area contributed by atoms with Gasteiger partial charge in [0.1, 0.15) is 23.0 Å². The molecule has 1 saturated heterocycles. The number of hydrogen-bond acceptors (Lipinski definition) is 4. The Hall–Kier alpha value is -2.50. The topological polar surface area (TPSA) is 71.8 Å². The minimum atomic E-state index is -0.581. The molecule has 0 bridgehead atoms. The molecule has 26 heavy (non-hydrogen) atoms. The molecule has 2 unspecified atom stereocenters. The van der Waals surface area contributed by atoms with Gasteiger partial charge in [0.05, 0.1) is 6.04 Å². The number of rotatable bonds is 3. The van der Waals surface area contributed by atoms with Gasteiger partial charge in [-0.15, -0.1) is 0 Å². The second-order valence-electron chi connectivity index (χ2n) is 7.75. The Kier molecular flexibility index (Phi) is 4.94. The number of ether oxygens (including phenoxy) is 1. The lowest BCUT2D eigenvalue weighted by atomic mass is 10.1. The van der Waals surface area contributed by atoms with E-state index in [9.17, 15) is 9.59 Å². The van der Waals surface area contributed by atoms with Gasteiger partial charge >= 0.3 is 6.09 Å². The first-order chi connectivity index (χ1) is 12.2. The lowest BCUT2D eigenvalue weighted by Gasteiger charge is -2.28. The molecular weight excluding hydrogens is 332 g/mol. The number of carbonyl (C=O) groups is 2. The summed E-state index contributed by atoms with van der Waals surface area (Å²) < 4.78 is 11.2. The molecule has 6 nitrogen and oxygen atoms in total. The van der Waals surface area contributed by atoms with Gasteiger partial charge in [-0.25, -0.2) is 4.79 Å². The maximum atomic E-state index is 12.7. The van der Waals surface area contributed by atoms with E-state index < -0.39 is 17.7 Å². The van der Waals surface area contributed by atoms with Crippen LogP contribution in [0.5, 0.6) is 0 Å². The monoisotopic (exact) mass is 358 g/mol. The van der Waals surface area contributed by atoms with Crippen LogP contribution < -0.4 is 5.32 Å². The van der Waals surface area contributed by atoms with Crippen LogP contribution >= 0.6 is 0 Å². The van der Waals surface area contributed by atoms with Crippen molar-refractivity contribution in [1.29, 1.82) is 0 Å². The SMILES string of the molecule is CC(NC(=O)C1CCCN1C(=O)OC(C)(C)C)c1cc2ccccc2o1. The van der Waals surface area contributed by atoms with Crippen molar-refractivity contribution in [1.82, 2.24) is 10.2 Å². The largest absolute Gasteiger partial charge is 0.459 e. The van der Waals surface area contributed by atoms with Crippen molar-refractivity contribution >= 4 is 23.0 Å². The van der Waals surface area contributed by atoms with Crippen molar-refractivity contribution in [2.75, 3.05) is 6.54 Å². The summed E-state index contributed by atoms with van der Waals surface area (Å²) in [6, 6.07) is 8.87. The predicted octanol–water partition coefficient (Wildman–Crippen LogP) is 4.01. The molecule has 0 spiro atoms. The minimum absolute atomic E-state index is 0.179. The van der Waals surface area contributed by atoms with Crippen molar-refractivity contribution in [2.45, 2.75) is 58.2 Å². The summed E-state index contributed by atoms with van der Waals surface area (Å²) in [5, 5.41) is 3.96. The fourth-order valence-electron chi connectivity index (χ4n) is 3.17. The third-order valence-electron chi connectivity index (χ3n) is 4.41. The highest BCUT2D eigenvalue weighted by Gasteiger charge is 2.37. The molecule has 0 aliphatic carbocycles. The van der Waals surface area contributed by atoms with E-state index in [1.54, 1.807) is 0 Å². The van der Waals surface area contributed by atoms with E-state index in [0.29, 0.717) is 18.7 Å². The first-order valence-corrected chi connectivity index (χ1v) is 9.03. The van der Waals surface area contributed by atoms with Gasteiger partial charge in [-0.05, 0) is 52.7 Å². The van der Waals surface area contributed by atoms with Crippen LogP contribution in [0, 0.1) is 0 Å². The van der Waals surface area contributed by atoms with Crippen molar-refractivity contribution in [3.63, 3.8) is 0 Å². The molecule has 2 amide bonds. The molecule has 1 aromatic heterocycles. The van der Waals surface area contributed by atoms with Crippen molar-refractivity contribution in [3.05, 3.63) is 36.1 Å². The van der Waals surface area contributed by atoms with Crippen LogP contribution in [0.3, 0.4) is 0 Å². The van der Waals surface area contributed by atoms with Crippen LogP contribution in [-0.4, -0.2) is 35.1 Å². The van der Waals surface area contributed by atoms with E-state index in [1.165, 1.54) is 4.90 Å². The van der Waals surface area contributed by atoms with Gasteiger partial charge in [0.25, 0.3) is 0 Å². The Balaban J connectivity index is 1.67. The summed E-state index contributed by atoms with van der Waals surface area (Å²) in [7, 11) is 0. The molecule has 3 rings (SSSR count). The van der Waals surface area contributed by atoms with Gasteiger partial charge in [-0.2, -0.15) is 0 Å². The van der Waals surface area contributed by atoms with Crippen LogP contribution in [-0.2, 0) is 9.53 Å². The first-order valence-electron chi connectivity index (χ1n) is 9.03. The zero-order chi connectivity index (χ0) is 18.9. The summed E-state index contributed by atoms with van der Waals surface area (Å²) in [6.45, 7) is 7.87. The highest BCUT2D eigenvalue weighted by Crippen LogP contribution is 2.25. The molecule has 140 valence electrons. The van der Waals surface area contributed by atoms with Gasteiger partial charge in [0.15, 0.2) is 0 Å². The molecular formula is C20H26N2O4. The molecule has 0 saturated carbocycles. The van der Waals surface area contributed by atoms with E-state index in [-0.39, 0.29) is 11.9 Å². The quantitative estimate of drug-likeness (QED) is 0.900. The summed E-state index contributed by atoms with van der Waals surface area (Å²) in [5.74, 6) is 0.516. The van der Waals surface area contributed by atoms with Gasteiger partial charge in [-0.1, -0.05) is 18.2 Å². The average molecular weight is 358 g/mol. The minimum Gasteiger partial charge on any atom is -0.459 e. The molecule has 2 aromatic rings. The number of nitrogens with zero attached hydrogens (tertiary/aromatic N) is 1. The highest BCUT2D eigenvalue weighted by molar-refractivity contribution is 5.86. The maximum Gasteiger partial charge on any atom is 0.410 e. The van der Waals surface area contributed by atoms with Crippen molar-refractivity contribution in [2.24, 2.45) is 0 Å². The standard InChI is InChI=1S/C20H26N2O4/c1-13(17-12-14-8-5-6-10-16(14)25-17)21-18(23)15-9-7-11-22(15)19(24)26-20(2,3)4/h5-6,8,10,12-13,15H,7,9,11H2,1-4H3,(H,21,23). The van der Waals surface area contributed by atoms with Gasteiger partial charge in [0.2, 0.25) is 5.91 Å². The zero-order valence-electron chi connectivity index (χ0n) is 15.7. The summed E-state index contributed by atoms with van der Waals surface area (Å²) >= 11 is 0. The third-order valence-corrected chi connectivity index (χ3v) is 4.41. The van der Waals surface area contributed by atoms with E-state index in [1.807, 2.05) is 58.0 Å². The highest BCUT2D eigenvalue weighted by atomic mass is 16.6. The summed E-state index contributed by atoms with van der Waals surface area (Å²) in [5.41, 5.74) is 0.210. The molecule has 1 fully saturated rings. The molecule has 1 N–H and O–H groups in total. The number of fused-ring (bicyclic) bond motifs is 1. The second-order valence-corrected chi connectivity index (χ2v) is 7.75. The average Bonchev–Trinajstić information content (AvgIpc) is 3.20. The summed E-state index contributed by atoms with van der Waals surface area (Å²) in [4.78, 5) is 26.6. The molecule has 1 aliphatic heterocycles. The number of likely N-dealkylation sites (tertiary alicyclic amines) is 1. The van der Waals surface area contributed by atoms with Crippen molar-refractivity contribution < 1.29 is 18.7 Å². The van der Waals surface area contributed by atoms with E-state index in [4.69, 9.17) is 9.15 Å². The van der Waals surface area contributed by atoms with Crippen LogP contribution in [0.15, 0.2) is 34.7 Å². The van der Waals surface area contributed by atoms with Crippen LogP contribution in [0.4, 0.5) is 4.79 Å². The molecule has 1 aliphatic rings. The number of furan rings is 1. The fraction of sp³-hybridized carbons (Fsp3) is 0.500.